The van der Waals surface area contributed by atoms with Crippen molar-refractivity contribution in [1.29, 1.82) is 0 Å². The minimum atomic E-state index is -1.01. The van der Waals surface area contributed by atoms with Crippen LogP contribution >= 0.6 is 0 Å². The molecule has 0 aliphatic heterocycles. The van der Waals surface area contributed by atoms with Crippen LogP contribution in [0, 0.1) is 0 Å². The molecule has 0 spiro atoms. The van der Waals surface area contributed by atoms with Crippen molar-refractivity contribution in [2.45, 2.75) is 19.0 Å². The van der Waals surface area contributed by atoms with Gasteiger partial charge in [-0.25, -0.2) is 0 Å². The van der Waals surface area contributed by atoms with Gasteiger partial charge in [-0.05, 0) is 18.1 Å². The van der Waals surface area contributed by atoms with Gasteiger partial charge in [-0.3, -0.25) is 9.78 Å². The largest absolute Gasteiger partial charge is 0.480 e. The van der Waals surface area contributed by atoms with Crippen LogP contribution < -0.4 is 11.5 Å². The number of pyridine rings is 1. The van der Waals surface area contributed by atoms with Crippen molar-refractivity contribution < 1.29 is 9.90 Å². The molecule has 14 heavy (non-hydrogen) atoms. The maximum absolute atomic E-state index is 10.5. The van der Waals surface area contributed by atoms with Crippen LogP contribution in [0.3, 0.4) is 0 Å². The summed E-state index contributed by atoms with van der Waals surface area (Å²) < 4.78 is 0. The molecule has 0 aromatic carbocycles. The molecule has 0 fully saturated rings. The third-order valence-electron chi connectivity index (χ3n) is 1.87. The third kappa shape index (κ3) is 2.79. The Morgan fingerprint density at radius 1 is 1.57 bits per heavy atom. The van der Waals surface area contributed by atoms with Crippen LogP contribution in [0.1, 0.15) is 11.3 Å². The number of aromatic nitrogens is 1. The Bertz CT molecular complexity index is 310. The first-order valence-corrected chi connectivity index (χ1v) is 4.25. The zero-order chi connectivity index (χ0) is 10.6. The second-order valence-electron chi connectivity index (χ2n) is 3.01. The minimum absolute atomic E-state index is 0.285. The van der Waals surface area contributed by atoms with Gasteiger partial charge in [0.25, 0.3) is 0 Å². The molecule has 1 rings (SSSR count). The summed E-state index contributed by atoms with van der Waals surface area (Å²) in [5, 5.41) is 8.58. The number of carboxylic acids is 1. The van der Waals surface area contributed by atoms with Crippen LogP contribution in [0.25, 0.3) is 0 Å². The summed E-state index contributed by atoms with van der Waals surface area (Å²) in [6, 6.07) is 2.68. The van der Waals surface area contributed by atoms with E-state index in [2.05, 4.69) is 4.98 Å². The van der Waals surface area contributed by atoms with E-state index in [1.807, 2.05) is 0 Å². The number of hydrogen-bond acceptors (Lipinski definition) is 4. The van der Waals surface area contributed by atoms with Gasteiger partial charge in [-0.1, -0.05) is 6.07 Å². The van der Waals surface area contributed by atoms with Crippen molar-refractivity contribution in [3.8, 4) is 0 Å². The van der Waals surface area contributed by atoms with Crippen LogP contribution in [0.2, 0.25) is 0 Å². The zero-order valence-electron chi connectivity index (χ0n) is 7.68. The van der Waals surface area contributed by atoms with Gasteiger partial charge >= 0.3 is 5.97 Å². The highest BCUT2D eigenvalue weighted by atomic mass is 16.4. The van der Waals surface area contributed by atoms with Crippen molar-refractivity contribution >= 4 is 5.97 Å². The normalized spacial score (nSPS) is 12.4. The van der Waals surface area contributed by atoms with Gasteiger partial charge in [-0.15, -0.1) is 0 Å². The lowest BCUT2D eigenvalue weighted by molar-refractivity contribution is -0.138. The van der Waals surface area contributed by atoms with E-state index in [9.17, 15) is 4.79 Å². The summed E-state index contributed by atoms with van der Waals surface area (Å²) in [4.78, 5) is 14.5. The minimum Gasteiger partial charge on any atom is -0.480 e. The highest BCUT2D eigenvalue weighted by Gasteiger charge is 2.11. The predicted octanol–water partition coefficient (Wildman–Crippen LogP) is -0.505. The second-order valence-corrected chi connectivity index (χ2v) is 3.01. The van der Waals surface area contributed by atoms with Gasteiger partial charge in [0.15, 0.2) is 0 Å². The Morgan fingerprint density at radius 3 is 2.71 bits per heavy atom. The highest BCUT2D eigenvalue weighted by molar-refractivity contribution is 5.73. The van der Waals surface area contributed by atoms with E-state index in [-0.39, 0.29) is 6.42 Å². The lowest BCUT2D eigenvalue weighted by Crippen LogP contribution is -2.32. The first kappa shape index (κ1) is 10.6. The molecule has 0 saturated carbocycles. The van der Waals surface area contributed by atoms with Gasteiger partial charge in [0, 0.05) is 12.7 Å². The summed E-state index contributed by atoms with van der Waals surface area (Å²) in [7, 11) is 0. The lowest BCUT2D eigenvalue weighted by atomic mass is 10.1. The van der Waals surface area contributed by atoms with E-state index in [1.54, 1.807) is 18.3 Å². The molecule has 0 aliphatic rings. The fraction of sp³-hybridized carbons (Fsp3) is 0.333. The number of carboxylic acid groups (broad SMARTS) is 1. The molecule has 1 unspecified atom stereocenters. The van der Waals surface area contributed by atoms with E-state index < -0.39 is 12.0 Å². The van der Waals surface area contributed by atoms with Gasteiger partial charge in [0.1, 0.15) is 6.04 Å². The summed E-state index contributed by atoms with van der Waals surface area (Å²) in [6.07, 6.45) is 1.89. The quantitative estimate of drug-likeness (QED) is 0.600. The Labute approximate surface area is 81.7 Å². The maximum Gasteiger partial charge on any atom is 0.320 e. The van der Waals surface area contributed by atoms with Crippen LogP contribution in [-0.4, -0.2) is 22.1 Å². The molecule has 1 aromatic rings. The average Bonchev–Trinajstić information content (AvgIpc) is 2.19. The summed E-state index contributed by atoms with van der Waals surface area (Å²) in [5.74, 6) is -1.01. The number of aliphatic carboxylic acids is 1. The average molecular weight is 195 g/mol. The second kappa shape index (κ2) is 4.69. The molecule has 5 heteroatoms. The summed E-state index contributed by atoms with van der Waals surface area (Å²) in [5.41, 5.74) is 12.3. The lowest BCUT2D eigenvalue weighted by Gasteiger charge is -2.05. The number of carbonyl (C=O) groups is 1. The van der Waals surface area contributed by atoms with E-state index in [0.29, 0.717) is 6.54 Å². The van der Waals surface area contributed by atoms with E-state index in [0.717, 1.165) is 11.3 Å². The SMILES string of the molecule is NCc1ccc(CC(N)C(=O)O)cn1. The smallest absolute Gasteiger partial charge is 0.320 e. The van der Waals surface area contributed by atoms with Crippen LogP contribution in [-0.2, 0) is 17.8 Å². The van der Waals surface area contributed by atoms with Crippen LogP contribution in [0.4, 0.5) is 0 Å². The number of rotatable bonds is 4. The van der Waals surface area contributed by atoms with E-state index in [4.69, 9.17) is 16.6 Å². The molecule has 5 nitrogen and oxygen atoms in total. The van der Waals surface area contributed by atoms with Gasteiger partial charge in [0.2, 0.25) is 0 Å². The molecule has 1 atom stereocenters. The molecule has 1 aromatic heterocycles. The van der Waals surface area contributed by atoms with Crippen molar-refractivity contribution in [3.63, 3.8) is 0 Å². The third-order valence-corrected chi connectivity index (χ3v) is 1.87. The molecule has 76 valence electrons. The zero-order valence-corrected chi connectivity index (χ0v) is 7.68. The molecule has 0 aliphatic carbocycles. The number of hydrogen-bond donors (Lipinski definition) is 3. The predicted molar refractivity (Wildman–Crippen MR) is 51.4 cm³/mol. The van der Waals surface area contributed by atoms with E-state index >= 15 is 0 Å². The Balaban J connectivity index is 2.64. The topological polar surface area (TPSA) is 102 Å². The van der Waals surface area contributed by atoms with Crippen molar-refractivity contribution in [2.75, 3.05) is 0 Å². The van der Waals surface area contributed by atoms with Gasteiger partial charge in [-0.2, -0.15) is 0 Å². The monoisotopic (exact) mass is 195 g/mol. The van der Waals surface area contributed by atoms with Gasteiger partial charge in [0.05, 0.1) is 5.69 Å². The molecular formula is C9H13N3O2. The number of nitrogens with zero attached hydrogens (tertiary/aromatic N) is 1. The molecule has 0 bridgehead atoms. The molecule has 0 amide bonds. The fourth-order valence-electron chi connectivity index (χ4n) is 1.04. The van der Waals surface area contributed by atoms with E-state index in [1.165, 1.54) is 0 Å². The highest BCUT2D eigenvalue weighted by Crippen LogP contribution is 2.02. The van der Waals surface area contributed by atoms with Crippen LogP contribution in [0.15, 0.2) is 18.3 Å². The number of nitrogens with two attached hydrogens (primary N) is 2. The Hall–Kier alpha value is -1.46. The molecule has 5 N–H and O–H groups in total. The molecular weight excluding hydrogens is 182 g/mol. The van der Waals surface area contributed by atoms with Crippen molar-refractivity contribution in [3.05, 3.63) is 29.6 Å². The molecule has 1 heterocycles. The first-order valence-electron chi connectivity index (χ1n) is 4.25. The van der Waals surface area contributed by atoms with Crippen LogP contribution in [0.5, 0.6) is 0 Å². The molecule has 0 radical (unpaired) electrons. The fourth-order valence-corrected chi connectivity index (χ4v) is 1.04. The maximum atomic E-state index is 10.5. The first-order chi connectivity index (χ1) is 6.63. The Morgan fingerprint density at radius 2 is 2.29 bits per heavy atom. The Kier molecular flexibility index (Phi) is 3.55. The van der Waals surface area contributed by atoms with Gasteiger partial charge < -0.3 is 16.6 Å². The molecule has 0 saturated heterocycles. The summed E-state index contributed by atoms with van der Waals surface area (Å²) >= 11 is 0. The standard InChI is InChI=1S/C9H13N3O2/c10-4-7-2-1-6(5-12-7)3-8(11)9(13)14/h1-2,5,8H,3-4,10-11H2,(H,13,14). The van der Waals surface area contributed by atoms with Crippen molar-refractivity contribution in [2.24, 2.45) is 11.5 Å². The summed E-state index contributed by atoms with van der Waals surface area (Å²) in [6.45, 7) is 0.380. The van der Waals surface area contributed by atoms with Crippen molar-refractivity contribution in [1.82, 2.24) is 4.98 Å².